The highest BCUT2D eigenvalue weighted by molar-refractivity contribution is 6.33. The highest BCUT2D eigenvalue weighted by Gasteiger charge is 2.05. The number of nitrogens with zero attached hydrogens (tertiary/aromatic N) is 2. The molecule has 0 spiro atoms. The van der Waals surface area contributed by atoms with E-state index in [2.05, 4.69) is 4.98 Å². The first-order chi connectivity index (χ1) is 7.70. The molecular weight excluding hydrogens is 266 g/mol. The van der Waals surface area contributed by atoms with Crippen molar-refractivity contribution in [1.82, 2.24) is 9.55 Å². The molecule has 2 rings (SSSR count). The van der Waals surface area contributed by atoms with E-state index in [-0.39, 0.29) is 0 Å². The summed E-state index contributed by atoms with van der Waals surface area (Å²) in [5, 5.41) is 1.37. The second kappa shape index (κ2) is 5.09. The van der Waals surface area contributed by atoms with Crippen molar-refractivity contribution >= 4 is 34.8 Å². The van der Waals surface area contributed by atoms with Gasteiger partial charge >= 0.3 is 0 Å². The normalized spacial score (nSPS) is 10.7. The maximum absolute atomic E-state index is 6.08. The first kappa shape index (κ1) is 11.8. The molecule has 0 unspecified atom stereocenters. The molecular formula is C11H9Cl3N2. The third kappa shape index (κ3) is 2.51. The summed E-state index contributed by atoms with van der Waals surface area (Å²) in [7, 11) is 0. The summed E-state index contributed by atoms with van der Waals surface area (Å²) < 4.78 is 1.95. The lowest BCUT2D eigenvalue weighted by Crippen LogP contribution is -2.03. The molecule has 0 aliphatic heterocycles. The zero-order valence-corrected chi connectivity index (χ0v) is 10.6. The molecule has 5 heteroatoms. The van der Waals surface area contributed by atoms with Crippen LogP contribution in [0.4, 0.5) is 0 Å². The highest BCUT2D eigenvalue weighted by Crippen LogP contribution is 2.22. The molecule has 0 aliphatic rings. The van der Waals surface area contributed by atoms with E-state index in [4.69, 9.17) is 34.8 Å². The van der Waals surface area contributed by atoms with Crippen molar-refractivity contribution in [3.05, 3.63) is 52.0 Å². The van der Waals surface area contributed by atoms with E-state index >= 15 is 0 Å². The fraction of sp³-hybridized carbons (Fsp3) is 0.182. The second-order valence-corrected chi connectivity index (χ2v) is 4.45. The topological polar surface area (TPSA) is 17.8 Å². The number of imidazole rings is 1. The number of aromatic nitrogens is 2. The SMILES string of the molecule is ClCc1nccn1Cc1cc(Cl)ccc1Cl. The molecule has 1 aromatic heterocycles. The fourth-order valence-corrected chi connectivity index (χ4v) is 2.06. The molecule has 0 saturated carbocycles. The average molecular weight is 276 g/mol. The minimum Gasteiger partial charge on any atom is -0.329 e. The number of halogens is 3. The summed E-state index contributed by atoms with van der Waals surface area (Å²) in [5.74, 6) is 1.20. The van der Waals surface area contributed by atoms with Crippen molar-refractivity contribution in [2.45, 2.75) is 12.4 Å². The Kier molecular flexibility index (Phi) is 3.74. The van der Waals surface area contributed by atoms with Crippen LogP contribution in [0.15, 0.2) is 30.6 Å². The summed E-state index contributed by atoms with van der Waals surface area (Å²) in [6, 6.07) is 5.40. The van der Waals surface area contributed by atoms with Gasteiger partial charge in [-0.2, -0.15) is 0 Å². The van der Waals surface area contributed by atoms with Gasteiger partial charge in [-0.25, -0.2) is 4.98 Å². The van der Waals surface area contributed by atoms with E-state index in [9.17, 15) is 0 Å². The summed E-state index contributed by atoms with van der Waals surface area (Å²) in [6.07, 6.45) is 3.59. The van der Waals surface area contributed by atoms with Gasteiger partial charge in [0.15, 0.2) is 0 Å². The molecule has 0 atom stereocenters. The Morgan fingerprint density at radius 3 is 2.81 bits per heavy atom. The summed E-state index contributed by atoms with van der Waals surface area (Å²) >= 11 is 17.8. The molecule has 1 aromatic carbocycles. The molecule has 2 nitrogen and oxygen atoms in total. The Morgan fingerprint density at radius 2 is 2.06 bits per heavy atom. The Balaban J connectivity index is 2.30. The van der Waals surface area contributed by atoms with Gasteiger partial charge in [-0.3, -0.25) is 0 Å². The maximum Gasteiger partial charge on any atom is 0.123 e. The van der Waals surface area contributed by atoms with E-state index in [1.165, 1.54) is 0 Å². The lowest BCUT2D eigenvalue weighted by atomic mass is 10.2. The van der Waals surface area contributed by atoms with Crippen LogP contribution in [-0.2, 0) is 12.4 Å². The standard InChI is InChI=1S/C11H9Cl3N2/c12-6-11-15-3-4-16(11)7-8-5-9(13)1-2-10(8)14/h1-5H,6-7H2. The summed E-state index contributed by atoms with van der Waals surface area (Å²) in [6.45, 7) is 0.626. The first-order valence-corrected chi connectivity index (χ1v) is 5.99. The summed E-state index contributed by atoms with van der Waals surface area (Å²) in [4.78, 5) is 4.14. The first-order valence-electron chi connectivity index (χ1n) is 4.70. The second-order valence-electron chi connectivity index (χ2n) is 3.34. The molecule has 0 bridgehead atoms. The van der Waals surface area contributed by atoms with Gasteiger partial charge in [0, 0.05) is 22.4 Å². The van der Waals surface area contributed by atoms with Crippen molar-refractivity contribution in [2.75, 3.05) is 0 Å². The lowest BCUT2D eigenvalue weighted by Gasteiger charge is -2.08. The third-order valence-corrected chi connectivity index (χ3v) is 3.11. The molecule has 84 valence electrons. The zero-order chi connectivity index (χ0) is 11.5. The van der Waals surface area contributed by atoms with Gasteiger partial charge in [0.25, 0.3) is 0 Å². The molecule has 0 saturated heterocycles. The summed E-state index contributed by atoms with van der Waals surface area (Å²) in [5.41, 5.74) is 0.957. The van der Waals surface area contributed by atoms with Crippen LogP contribution in [0.5, 0.6) is 0 Å². The molecule has 0 aliphatic carbocycles. The van der Waals surface area contributed by atoms with E-state index in [1.54, 1.807) is 18.3 Å². The largest absolute Gasteiger partial charge is 0.329 e. The number of hydrogen-bond acceptors (Lipinski definition) is 1. The third-order valence-electron chi connectivity index (χ3n) is 2.27. The van der Waals surface area contributed by atoms with Crippen molar-refractivity contribution in [3.63, 3.8) is 0 Å². The van der Waals surface area contributed by atoms with Crippen molar-refractivity contribution in [1.29, 1.82) is 0 Å². The molecule has 0 amide bonds. The lowest BCUT2D eigenvalue weighted by molar-refractivity contribution is 0.755. The van der Waals surface area contributed by atoms with Gasteiger partial charge in [0.05, 0.1) is 12.4 Å². The predicted molar refractivity (Wildman–Crippen MR) is 67.3 cm³/mol. The average Bonchev–Trinajstić information content (AvgIpc) is 2.71. The van der Waals surface area contributed by atoms with Crippen LogP contribution in [0.1, 0.15) is 11.4 Å². The van der Waals surface area contributed by atoms with E-state index in [0.29, 0.717) is 22.5 Å². The van der Waals surface area contributed by atoms with Crippen LogP contribution in [0, 0.1) is 0 Å². The van der Waals surface area contributed by atoms with Gasteiger partial charge in [-0.1, -0.05) is 23.2 Å². The van der Waals surface area contributed by atoms with Crippen LogP contribution < -0.4 is 0 Å². The molecule has 2 aromatic rings. The number of alkyl halides is 1. The molecule has 0 fully saturated rings. The Labute approximate surface area is 109 Å². The van der Waals surface area contributed by atoms with Gasteiger partial charge in [0.1, 0.15) is 5.82 Å². The van der Waals surface area contributed by atoms with Crippen LogP contribution >= 0.6 is 34.8 Å². The predicted octanol–water partition coefficient (Wildman–Crippen LogP) is 3.98. The van der Waals surface area contributed by atoms with Crippen molar-refractivity contribution in [2.24, 2.45) is 0 Å². The van der Waals surface area contributed by atoms with Crippen LogP contribution in [0.2, 0.25) is 10.0 Å². The van der Waals surface area contributed by atoms with Crippen LogP contribution in [-0.4, -0.2) is 9.55 Å². The Hall–Kier alpha value is -0.700. The van der Waals surface area contributed by atoms with Crippen molar-refractivity contribution < 1.29 is 0 Å². The minimum atomic E-state index is 0.380. The van der Waals surface area contributed by atoms with Crippen molar-refractivity contribution in [3.8, 4) is 0 Å². The molecule has 0 N–H and O–H groups in total. The minimum absolute atomic E-state index is 0.380. The Bertz CT molecular complexity index is 494. The van der Waals surface area contributed by atoms with E-state index in [0.717, 1.165) is 11.4 Å². The monoisotopic (exact) mass is 274 g/mol. The maximum atomic E-state index is 6.08. The fourth-order valence-electron chi connectivity index (χ4n) is 1.46. The van der Waals surface area contributed by atoms with Gasteiger partial charge < -0.3 is 4.57 Å². The van der Waals surface area contributed by atoms with Gasteiger partial charge in [0.2, 0.25) is 0 Å². The number of benzene rings is 1. The molecule has 16 heavy (non-hydrogen) atoms. The smallest absolute Gasteiger partial charge is 0.123 e. The van der Waals surface area contributed by atoms with Gasteiger partial charge in [-0.15, -0.1) is 11.6 Å². The van der Waals surface area contributed by atoms with Crippen LogP contribution in [0.3, 0.4) is 0 Å². The number of rotatable bonds is 3. The van der Waals surface area contributed by atoms with Crippen LogP contribution in [0.25, 0.3) is 0 Å². The quantitative estimate of drug-likeness (QED) is 0.775. The Morgan fingerprint density at radius 1 is 1.25 bits per heavy atom. The molecule has 0 radical (unpaired) electrons. The van der Waals surface area contributed by atoms with Gasteiger partial charge in [-0.05, 0) is 23.8 Å². The number of hydrogen-bond donors (Lipinski definition) is 0. The van der Waals surface area contributed by atoms with E-state index < -0.39 is 0 Å². The zero-order valence-electron chi connectivity index (χ0n) is 8.33. The van der Waals surface area contributed by atoms with E-state index in [1.807, 2.05) is 16.8 Å². The molecule has 1 heterocycles. The highest BCUT2D eigenvalue weighted by atomic mass is 35.5.